The van der Waals surface area contributed by atoms with Crippen molar-refractivity contribution in [2.45, 2.75) is 44.0 Å². The van der Waals surface area contributed by atoms with Crippen LogP contribution in [0.25, 0.3) is 0 Å². The zero-order valence-electron chi connectivity index (χ0n) is 11.7. The Morgan fingerprint density at radius 3 is 2.63 bits per heavy atom. The molecule has 0 N–H and O–H groups in total. The van der Waals surface area contributed by atoms with Gasteiger partial charge in [0.2, 0.25) is 10.0 Å². The number of benzene rings is 1. The van der Waals surface area contributed by atoms with E-state index in [1.807, 2.05) is 13.8 Å². The first-order chi connectivity index (χ1) is 8.96. The molecule has 1 heterocycles. The monoisotopic (exact) mass is 283 g/mol. The summed E-state index contributed by atoms with van der Waals surface area (Å²) in [6.07, 6.45) is 2.99. The van der Waals surface area contributed by atoms with Crippen molar-refractivity contribution in [2.24, 2.45) is 0 Å². The molecule has 0 aliphatic carbocycles. The van der Waals surface area contributed by atoms with Gasteiger partial charge in [0, 0.05) is 12.6 Å². The van der Waals surface area contributed by atoms with Gasteiger partial charge < -0.3 is 4.74 Å². The highest BCUT2D eigenvalue weighted by Gasteiger charge is 2.31. The number of methoxy groups -OCH3 is 1. The van der Waals surface area contributed by atoms with Gasteiger partial charge in [-0.15, -0.1) is 0 Å². The quantitative estimate of drug-likeness (QED) is 0.856. The van der Waals surface area contributed by atoms with Crippen molar-refractivity contribution < 1.29 is 13.2 Å². The molecule has 1 aromatic carbocycles. The summed E-state index contributed by atoms with van der Waals surface area (Å²) in [5.41, 5.74) is 0.841. The van der Waals surface area contributed by atoms with Crippen LogP contribution in [0.15, 0.2) is 23.1 Å². The molecule has 0 saturated carbocycles. The minimum Gasteiger partial charge on any atom is -0.496 e. The Hall–Kier alpha value is -1.07. The van der Waals surface area contributed by atoms with Crippen LogP contribution in [-0.2, 0) is 10.0 Å². The highest BCUT2D eigenvalue weighted by molar-refractivity contribution is 7.89. The van der Waals surface area contributed by atoms with Crippen LogP contribution in [0, 0.1) is 6.92 Å². The van der Waals surface area contributed by atoms with Crippen LogP contribution in [-0.4, -0.2) is 32.4 Å². The molecular weight excluding hydrogens is 262 g/mol. The van der Waals surface area contributed by atoms with Crippen molar-refractivity contribution in [3.8, 4) is 5.75 Å². The Balaban J connectivity index is 2.36. The summed E-state index contributed by atoms with van der Waals surface area (Å²) in [5.74, 6) is 0.714. The molecule has 0 bridgehead atoms. The second-order valence-electron chi connectivity index (χ2n) is 5.09. The molecule has 5 heteroatoms. The Kier molecular flexibility index (Phi) is 4.16. The number of hydrogen-bond acceptors (Lipinski definition) is 3. The number of rotatable bonds is 3. The van der Waals surface area contributed by atoms with E-state index in [0.717, 1.165) is 24.8 Å². The van der Waals surface area contributed by atoms with Gasteiger partial charge in [0.05, 0.1) is 12.0 Å². The number of hydrogen-bond donors (Lipinski definition) is 0. The van der Waals surface area contributed by atoms with Gasteiger partial charge in [-0.25, -0.2) is 8.42 Å². The molecule has 1 saturated heterocycles. The highest BCUT2D eigenvalue weighted by Crippen LogP contribution is 2.27. The van der Waals surface area contributed by atoms with Gasteiger partial charge in [-0.05, 0) is 50.5 Å². The zero-order chi connectivity index (χ0) is 14.0. The van der Waals surface area contributed by atoms with E-state index in [4.69, 9.17) is 4.74 Å². The van der Waals surface area contributed by atoms with Gasteiger partial charge in [0.1, 0.15) is 5.75 Å². The SMILES string of the molecule is COc1ccc(S(=O)(=O)N2CCCCC2C)cc1C. The van der Waals surface area contributed by atoms with Crippen LogP contribution < -0.4 is 4.74 Å². The average molecular weight is 283 g/mol. The van der Waals surface area contributed by atoms with E-state index in [2.05, 4.69) is 0 Å². The minimum atomic E-state index is -3.38. The molecule has 1 aliphatic rings. The molecule has 1 unspecified atom stereocenters. The Morgan fingerprint density at radius 1 is 1.32 bits per heavy atom. The predicted molar refractivity (Wildman–Crippen MR) is 74.9 cm³/mol. The third kappa shape index (κ3) is 2.77. The number of nitrogens with zero attached hydrogens (tertiary/aromatic N) is 1. The van der Waals surface area contributed by atoms with Crippen LogP contribution in [0.2, 0.25) is 0 Å². The van der Waals surface area contributed by atoms with Gasteiger partial charge in [-0.3, -0.25) is 0 Å². The summed E-state index contributed by atoms with van der Waals surface area (Å²) in [5, 5.41) is 0. The number of piperidine rings is 1. The summed E-state index contributed by atoms with van der Waals surface area (Å²) in [4.78, 5) is 0.361. The summed E-state index contributed by atoms with van der Waals surface area (Å²) < 4.78 is 32.1. The van der Waals surface area contributed by atoms with Crippen LogP contribution in [0.3, 0.4) is 0 Å². The molecule has 0 amide bonds. The molecule has 2 rings (SSSR count). The Bertz CT molecular complexity index is 554. The summed E-state index contributed by atoms with van der Waals surface area (Å²) in [7, 11) is -1.79. The summed E-state index contributed by atoms with van der Waals surface area (Å²) >= 11 is 0. The molecule has 1 aromatic rings. The number of aryl methyl sites for hydroxylation is 1. The lowest BCUT2D eigenvalue weighted by Gasteiger charge is -2.32. The lowest BCUT2D eigenvalue weighted by atomic mass is 10.1. The van der Waals surface area contributed by atoms with Gasteiger partial charge in [0.25, 0.3) is 0 Å². The third-order valence-electron chi connectivity index (χ3n) is 3.71. The second kappa shape index (κ2) is 5.51. The maximum Gasteiger partial charge on any atom is 0.243 e. The van der Waals surface area contributed by atoms with E-state index in [-0.39, 0.29) is 6.04 Å². The van der Waals surface area contributed by atoms with E-state index < -0.39 is 10.0 Å². The lowest BCUT2D eigenvalue weighted by molar-refractivity contribution is 0.268. The van der Waals surface area contributed by atoms with Gasteiger partial charge in [-0.1, -0.05) is 6.42 Å². The van der Waals surface area contributed by atoms with E-state index in [1.165, 1.54) is 0 Å². The first kappa shape index (κ1) is 14.3. The molecule has 1 aliphatic heterocycles. The van der Waals surface area contributed by atoms with Crippen molar-refractivity contribution in [3.63, 3.8) is 0 Å². The maximum absolute atomic E-state index is 12.6. The maximum atomic E-state index is 12.6. The van der Waals surface area contributed by atoms with Crippen molar-refractivity contribution in [1.82, 2.24) is 4.31 Å². The van der Waals surface area contributed by atoms with Crippen LogP contribution in [0.1, 0.15) is 31.7 Å². The molecule has 1 fully saturated rings. The largest absolute Gasteiger partial charge is 0.496 e. The van der Waals surface area contributed by atoms with E-state index in [1.54, 1.807) is 29.6 Å². The smallest absolute Gasteiger partial charge is 0.243 e. The fourth-order valence-electron chi connectivity index (χ4n) is 2.58. The number of sulfonamides is 1. The average Bonchev–Trinajstić information content (AvgIpc) is 2.39. The number of ether oxygens (including phenoxy) is 1. The molecular formula is C14H21NO3S. The molecule has 19 heavy (non-hydrogen) atoms. The van der Waals surface area contributed by atoms with Crippen LogP contribution in [0.4, 0.5) is 0 Å². The van der Waals surface area contributed by atoms with Crippen LogP contribution in [0.5, 0.6) is 5.75 Å². The predicted octanol–water partition coefficient (Wildman–Crippen LogP) is 2.57. The van der Waals surface area contributed by atoms with E-state index in [0.29, 0.717) is 17.2 Å². The molecule has 0 radical (unpaired) electrons. The molecule has 0 aromatic heterocycles. The van der Waals surface area contributed by atoms with Crippen LogP contribution >= 0.6 is 0 Å². The Labute approximate surface area is 115 Å². The normalized spacial score (nSPS) is 21.3. The fourth-order valence-corrected chi connectivity index (χ4v) is 4.36. The third-order valence-corrected chi connectivity index (χ3v) is 5.72. The highest BCUT2D eigenvalue weighted by atomic mass is 32.2. The van der Waals surface area contributed by atoms with E-state index in [9.17, 15) is 8.42 Å². The Morgan fingerprint density at radius 2 is 2.05 bits per heavy atom. The van der Waals surface area contributed by atoms with Crippen molar-refractivity contribution in [1.29, 1.82) is 0 Å². The van der Waals surface area contributed by atoms with Crippen molar-refractivity contribution in [2.75, 3.05) is 13.7 Å². The minimum absolute atomic E-state index is 0.0844. The fraction of sp³-hybridized carbons (Fsp3) is 0.571. The first-order valence-electron chi connectivity index (χ1n) is 6.63. The zero-order valence-corrected chi connectivity index (χ0v) is 12.5. The lowest BCUT2D eigenvalue weighted by Crippen LogP contribution is -2.41. The molecule has 0 spiro atoms. The van der Waals surface area contributed by atoms with Crippen molar-refractivity contribution >= 4 is 10.0 Å². The first-order valence-corrected chi connectivity index (χ1v) is 8.07. The second-order valence-corrected chi connectivity index (χ2v) is 6.98. The van der Waals surface area contributed by atoms with E-state index >= 15 is 0 Å². The van der Waals surface area contributed by atoms with Gasteiger partial charge >= 0.3 is 0 Å². The molecule has 4 nitrogen and oxygen atoms in total. The standard InChI is InChI=1S/C14H21NO3S/c1-11-10-13(7-8-14(11)18-3)19(16,17)15-9-5-4-6-12(15)2/h7-8,10,12H,4-6,9H2,1-3H3. The molecule has 106 valence electrons. The summed E-state index contributed by atoms with van der Waals surface area (Å²) in [6, 6.07) is 5.12. The van der Waals surface area contributed by atoms with Gasteiger partial charge in [-0.2, -0.15) is 4.31 Å². The van der Waals surface area contributed by atoms with Crippen molar-refractivity contribution in [3.05, 3.63) is 23.8 Å². The topological polar surface area (TPSA) is 46.6 Å². The van der Waals surface area contributed by atoms with Gasteiger partial charge in [0.15, 0.2) is 0 Å². The molecule has 1 atom stereocenters. The summed E-state index contributed by atoms with van der Waals surface area (Å²) in [6.45, 7) is 4.46.